The van der Waals surface area contributed by atoms with Crippen LogP contribution in [0.2, 0.25) is 0 Å². The van der Waals surface area contributed by atoms with Gasteiger partial charge in [-0.3, -0.25) is 0 Å². The molecule has 10 nitrogen and oxygen atoms in total. The lowest BCUT2D eigenvalue weighted by Gasteiger charge is -2.26. The number of carbonyl (C=O) groups excluding carboxylic acids is 4. The molecule has 1 rings (SSSR count). The number of ether oxygens (including phenoxy) is 5. The molecule has 0 saturated heterocycles. The third-order valence-corrected chi connectivity index (χ3v) is 3.25. The fourth-order valence-corrected chi connectivity index (χ4v) is 2.25. The topological polar surface area (TPSA) is 135 Å². The first-order valence-corrected chi connectivity index (χ1v) is 8.11. The molecule has 0 fully saturated rings. The molecule has 1 aliphatic rings. The van der Waals surface area contributed by atoms with Gasteiger partial charge in [0.1, 0.15) is 5.57 Å². The molecule has 0 aromatic rings. The maximum atomic E-state index is 12.4. The lowest BCUT2D eigenvalue weighted by Crippen LogP contribution is -2.55. The van der Waals surface area contributed by atoms with Crippen LogP contribution in [0.1, 0.15) is 27.7 Å². The molecule has 0 saturated carbocycles. The Morgan fingerprint density at radius 2 is 1.38 bits per heavy atom. The molecule has 2 atom stereocenters. The smallest absolute Gasteiger partial charge is 0.374 e. The van der Waals surface area contributed by atoms with E-state index >= 15 is 0 Å². The summed E-state index contributed by atoms with van der Waals surface area (Å²) < 4.78 is 24.2. The Bertz CT molecular complexity index is 608. The summed E-state index contributed by atoms with van der Waals surface area (Å²) in [7, 11) is 0. The molecule has 0 amide bonds. The molecular formula is C16H22O10. The van der Waals surface area contributed by atoms with Crippen molar-refractivity contribution in [2.24, 2.45) is 0 Å². The Balaban J connectivity index is 3.55. The highest BCUT2D eigenvalue weighted by molar-refractivity contribution is 6.10. The molecule has 0 aliphatic carbocycles. The van der Waals surface area contributed by atoms with Crippen molar-refractivity contribution >= 4 is 23.9 Å². The number of aliphatic hydroxyl groups is 1. The van der Waals surface area contributed by atoms with E-state index in [2.05, 4.69) is 0 Å². The zero-order valence-corrected chi connectivity index (χ0v) is 15.0. The first-order valence-electron chi connectivity index (χ1n) is 8.11. The summed E-state index contributed by atoms with van der Waals surface area (Å²) in [5, 5.41) is 10.9. The zero-order valence-electron chi connectivity index (χ0n) is 15.0. The molecule has 0 spiro atoms. The normalized spacial score (nSPS) is 21.7. The van der Waals surface area contributed by atoms with E-state index in [1.165, 1.54) is 27.7 Å². The van der Waals surface area contributed by atoms with E-state index in [1.807, 2.05) is 0 Å². The van der Waals surface area contributed by atoms with Crippen molar-refractivity contribution in [3.63, 3.8) is 0 Å². The maximum Gasteiger partial charge on any atom is 0.374 e. The first-order chi connectivity index (χ1) is 12.3. The van der Waals surface area contributed by atoms with Crippen LogP contribution in [-0.2, 0) is 42.9 Å². The van der Waals surface area contributed by atoms with Gasteiger partial charge in [0.05, 0.1) is 26.4 Å². The predicted octanol–water partition coefficient (Wildman–Crippen LogP) is -0.377. The van der Waals surface area contributed by atoms with Crippen molar-refractivity contribution in [1.82, 2.24) is 0 Å². The van der Waals surface area contributed by atoms with Gasteiger partial charge in [-0.05, 0) is 27.7 Å². The van der Waals surface area contributed by atoms with Crippen molar-refractivity contribution in [2.45, 2.75) is 39.4 Å². The molecule has 1 aliphatic heterocycles. The van der Waals surface area contributed by atoms with Gasteiger partial charge in [-0.25, -0.2) is 19.2 Å². The summed E-state index contributed by atoms with van der Waals surface area (Å²) in [4.78, 5) is 49.0. The summed E-state index contributed by atoms with van der Waals surface area (Å²) in [6, 6.07) is 0. The first kappa shape index (κ1) is 21.4. The summed E-state index contributed by atoms with van der Waals surface area (Å²) in [6.45, 7) is 5.45. The summed E-state index contributed by atoms with van der Waals surface area (Å²) in [5.41, 5.74) is -3.79. The Hall–Kier alpha value is -2.62. The number of esters is 4. The van der Waals surface area contributed by atoms with E-state index in [0.717, 1.165) is 0 Å². The van der Waals surface area contributed by atoms with Crippen LogP contribution < -0.4 is 0 Å². The second-order valence-corrected chi connectivity index (χ2v) is 4.88. The summed E-state index contributed by atoms with van der Waals surface area (Å²) in [5.74, 6) is -5.70. The molecule has 10 heteroatoms. The summed E-state index contributed by atoms with van der Waals surface area (Å²) in [6.07, 6.45) is -2.03. The highest BCUT2D eigenvalue weighted by Crippen LogP contribution is 2.38. The predicted molar refractivity (Wildman–Crippen MR) is 83.4 cm³/mol. The van der Waals surface area contributed by atoms with Crippen LogP contribution in [-0.4, -0.2) is 67.1 Å². The fourth-order valence-electron chi connectivity index (χ4n) is 2.25. The van der Waals surface area contributed by atoms with Gasteiger partial charge in [0.15, 0.2) is 0 Å². The van der Waals surface area contributed by atoms with Gasteiger partial charge < -0.3 is 28.8 Å². The third-order valence-electron chi connectivity index (χ3n) is 3.25. The number of carbonyl (C=O) groups is 4. The third kappa shape index (κ3) is 3.96. The molecule has 1 N–H and O–H groups in total. The SMILES string of the molecule is CCOC(=O)C1=C(C(=O)OCC)C(O)(C(=O)OCC)C(C(=O)OCC)O1. The number of hydrogen-bond acceptors (Lipinski definition) is 10. The molecule has 2 unspecified atom stereocenters. The van der Waals surface area contributed by atoms with E-state index in [9.17, 15) is 24.3 Å². The largest absolute Gasteiger partial charge is 0.466 e. The van der Waals surface area contributed by atoms with Crippen LogP contribution in [0.4, 0.5) is 0 Å². The maximum absolute atomic E-state index is 12.4. The Morgan fingerprint density at radius 3 is 1.88 bits per heavy atom. The minimum atomic E-state index is -2.92. The number of rotatable bonds is 8. The van der Waals surface area contributed by atoms with Crippen LogP contribution >= 0.6 is 0 Å². The van der Waals surface area contributed by atoms with Crippen molar-refractivity contribution in [2.75, 3.05) is 26.4 Å². The molecular weight excluding hydrogens is 352 g/mol. The Labute approximate surface area is 150 Å². The van der Waals surface area contributed by atoms with Crippen LogP contribution in [0.5, 0.6) is 0 Å². The van der Waals surface area contributed by atoms with Crippen molar-refractivity contribution in [3.05, 3.63) is 11.3 Å². The molecule has 146 valence electrons. The molecule has 0 radical (unpaired) electrons. The van der Waals surface area contributed by atoms with Gasteiger partial charge in [-0.2, -0.15) is 0 Å². The molecule has 0 aromatic carbocycles. The zero-order chi connectivity index (χ0) is 19.9. The Kier molecular flexibility index (Phi) is 7.56. The van der Waals surface area contributed by atoms with Gasteiger partial charge in [-0.1, -0.05) is 0 Å². The quantitative estimate of drug-likeness (QED) is 0.442. The van der Waals surface area contributed by atoms with Gasteiger partial charge in [0.25, 0.3) is 0 Å². The molecule has 0 aromatic heterocycles. The number of hydrogen-bond donors (Lipinski definition) is 1. The van der Waals surface area contributed by atoms with Gasteiger partial charge in [0.2, 0.25) is 17.5 Å². The van der Waals surface area contributed by atoms with E-state index in [-0.39, 0.29) is 26.4 Å². The lowest BCUT2D eigenvalue weighted by molar-refractivity contribution is -0.182. The highest BCUT2D eigenvalue weighted by Gasteiger charge is 2.64. The standard InChI is InChI=1S/C16H22O10/c1-5-22-12(17)9-10(13(18)23-6-2)26-11(14(19)24-7-3)16(9,21)15(20)25-8-4/h11,21H,5-8H2,1-4H3. The van der Waals surface area contributed by atoms with E-state index in [0.29, 0.717) is 0 Å². The van der Waals surface area contributed by atoms with Crippen LogP contribution in [0.3, 0.4) is 0 Å². The van der Waals surface area contributed by atoms with Gasteiger partial charge >= 0.3 is 23.9 Å². The Morgan fingerprint density at radius 1 is 0.885 bits per heavy atom. The summed E-state index contributed by atoms with van der Waals surface area (Å²) >= 11 is 0. The average Bonchev–Trinajstić information content (AvgIpc) is 2.90. The van der Waals surface area contributed by atoms with Crippen molar-refractivity contribution in [1.29, 1.82) is 0 Å². The van der Waals surface area contributed by atoms with Crippen molar-refractivity contribution in [3.8, 4) is 0 Å². The van der Waals surface area contributed by atoms with E-state index in [1.54, 1.807) is 0 Å². The highest BCUT2D eigenvalue weighted by atomic mass is 16.6. The van der Waals surface area contributed by atoms with Crippen LogP contribution in [0.15, 0.2) is 11.3 Å². The molecule has 0 bridgehead atoms. The van der Waals surface area contributed by atoms with Gasteiger partial charge in [-0.15, -0.1) is 0 Å². The van der Waals surface area contributed by atoms with E-state index in [4.69, 9.17) is 23.7 Å². The van der Waals surface area contributed by atoms with Gasteiger partial charge in [0, 0.05) is 0 Å². The second-order valence-electron chi connectivity index (χ2n) is 4.88. The van der Waals surface area contributed by atoms with Crippen molar-refractivity contribution < 1.29 is 48.0 Å². The minimum absolute atomic E-state index is 0.0797. The second kappa shape index (κ2) is 9.18. The molecule has 26 heavy (non-hydrogen) atoms. The minimum Gasteiger partial charge on any atom is -0.466 e. The van der Waals surface area contributed by atoms with Crippen LogP contribution in [0, 0.1) is 0 Å². The monoisotopic (exact) mass is 374 g/mol. The van der Waals surface area contributed by atoms with Crippen LogP contribution in [0.25, 0.3) is 0 Å². The molecule has 1 heterocycles. The lowest BCUT2D eigenvalue weighted by atomic mass is 9.88. The average molecular weight is 374 g/mol. The van der Waals surface area contributed by atoms with E-state index < -0.39 is 46.9 Å². The fraction of sp³-hybridized carbons (Fsp3) is 0.625.